The van der Waals surface area contributed by atoms with Gasteiger partial charge in [0.1, 0.15) is 10.7 Å². The third-order valence-corrected chi connectivity index (χ3v) is 5.41. The maximum Gasteiger partial charge on any atom is 0.247 e. The van der Waals surface area contributed by atoms with Gasteiger partial charge in [-0.25, -0.2) is 13.4 Å². The summed E-state index contributed by atoms with van der Waals surface area (Å²) in [6.07, 6.45) is 3.19. The average molecular weight is 395 g/mol. The van der Waals surface area contributed by atoms with E-state index in [4.69, 9.17) is 16.3 Å². The highest BCUT2D eigenvalue weighted by Crippen LogP contribution is 2.36. The summed E-state index contributed by atoms with van der Waals surface area (Å²) in [5.74, 6) is 0.756. The van der Waals surface area contributed by atoms with Crippen molar-refractivity contribution in [2.24, 2.45) is 0 Å². The first-order chi connectivity index (χ1) is 9.86. The molecule has 0 bridgehead atoms. The number of H-pyrrole nitrogens is 1. The summed E-state index contributed by atoms with van der Waals surface area (Å²) in [5, 5.41) is 0.299. The Labute approximate surface area is 136 Å². The van der Waals surface area contributed by atoms with Crippen molar-refractivity contribution in [1.82, 2.24) is 14.3 Å². The van der Waals surface area contributed by atoms with Crippen molar-refractivity contribution in [2.75, 3.05) is 14.2 Å². The molecule has 9 heteroatoms. The lowest BCUT2D eigenvalue weighted by Gasteiger charge is -2.18. The number of hydrogen-bond donors (Lipinski definition) is 1. The van der Waals surface area contributed by atoms with Gasteiger partial charge in [0.25, 0.3) is 0 Å². The molecule has 21 heavy (non-hydrogen) atoms. The van der Waals surface area contributed by atoms with Crippen molar-refractivity contribution in [2.45, 2.75) is 11.4 Å². The normalized spacial score (nSPS) is 11.9. The van der Waals surface area contributed by atoms with Crippen molar-refractivity contribution >= 4 is 37.6 Å². The van der Waals surface area contributed by atoms with Crippen molar-refractivity contribution in [1.29, 1.82) is 0 Å². The third-order valence-electron chi connectivity index (χ3n) is 2.79. The summed E-state index contributed by atoms with van der Waals surface area (Å²) >= 11 is 9.19. The molecule has 2 rings (SSSR count). The van der Waals surface area contributed by atoms with Crippen molar-refractivity contribution in [3.8, 4) is 5.75 Å². The summed E-state index contributed by atoms with van der Waals surface area (Å²) in [6, 6.07) is 2.94. The van der Waals surface area contributed by atoms with E-state index in [9.17, 15) is 8.42 Å². The first-order valence-corrected chi connectivity index (χ1v) is 8.45. The molecule has 0 aliphatic carbocycles. The minimum Gasteiger partial charge on any atom is -0.494 e. The predicted octanol–water partition coefficient (Wildman–Crippen LogP) is 2.65. The maximum absolute atomic E-state index is 12.7. The van der Waals surface area contributed by atoms with Gasteiger partial charge in [-0.2, -0.15) is 4.31 Å². The van der Waals surface area contributed by atoms with Gasteiger partial charge in [-0.15, -0.1) is 0 Å². The third kappa shape index (κ3) is 3.39. The maximum atomic E-state index is 12.7. The van der Waals surface area contributed by atoms with Crippen LogP contribution < -0.4 is 4.74 Å². The Morgan fingerprint density at radius 3 is 2.76 bits per heavy atom. The van der Waals surface area contributed by atoms with Crippen LogP contribution in [0.5, 0.6) is 5.75 Å². The fourth-order valence-corrected chi connectivity index (χ4v) is 4.27. The molecule has 0 aliphatic rings. The van der Waals surface area contributed by atoms with Crippen molar-refractivity contribution in [3.05, 3.63) is 39.8 Å². The van der Waals surface area contributed by atoms with Crippen LogP contribution in [-0.4, -0.2) is 36.8 Å². The number of methoxy groups -OCH3 is 1. The highest BCUT2D eigenvalue weighted by atomic mass is 79.9. The molecule has 6 nitrogen and oxygen atoms in total. The minimum atomic E-state index is -3.77. The molecule has 0 atom stereocenters. The van der Waals surface area contributed by atoms with E-state index in [0.717, 1.165) is 0 Å². The molecule has 0 saturated heterocycles. The molecule has 1 heterocycles. The fraction of sp³-hybridized carbons (Fsp3) is 0.250. The van der Waals surface area contributed by atoms with E-state index in [0.29, 0.717) is 15.3 Å². The molecular weight excluding hydrogens is 382 g/mol. The quantitative estimate of drug-likeness (QED) is 0.846. The molecule has 0 spiro atoms. The van der Waals surface area contributed by atoms with Gasteiger partial charge < -0.3 is 9.72 Å². The number of hydrogen-bond acceptors (Lipinski definition) is 4. The number of benzene rings is 1. The van der Waals surface area contributed by atoms with Crippen LogP contribution in [0.15, 0.2) is 33.9 Å². The van der Waals surface area contributed by atoms with Crippen LogP contribution >= 0.6 is 27.5 Å². The van der Waals surface area contributed by atoms with Crippen molar-refractivity contribution < 1.29 is 13.2 Å². The van der Waals surface area contributed by atoms with Crippen LogP contribution in [0, 0.1) is 0 Å². The predicted molar refractivity (Wildman–Crippen MR) is 82.9 cm³/mol. The van der Waals surface area contributed by atoms with Crippen LogP contribution in [0.2, 0.25) is 5.02 Å². The molecule has 114 valence electrons. The zero-order chi connectivity index (χ0) is 15.6. The Morgan fingerprint density at radius 1 is 1.48 bits per heavy atom. The largest absolute Gasteiger partial charge is 0.494 e. The Kier molecular flexibility index (Phi) is 4.92. The van der Waals surface area contributed by atoms with E-state index in [1.165, 1.54) is 24.5 Å². The second-order valence-electron chi connectivity index (χ2n) is 4.22. The number of nitrogens with one attached hydrogen (secondary N) is 1. The number of aromatic nitrogens is 2. The zero-order valence-electron chi connectivity index (χ0n) is 11.3. The average Bonchev–Trinajstić information content (AvgIpc) is 2.90. The van der Waals surface area contributed by atoms with Gasteiger partial charge in [0.2, 0.25) is 10.0 Å². The first-order valence-electron chi connectivity index (χ1n) is 5.84. The molecule has 1 aromatic heterocycles. The van der Waals surface area contributed by atoms with Gasteiger partial charge in [-0.1, -0.05) is 11.6 Å². The highest BCUT2D eigenvalue weighted by Gasteiger charge is 2.27. The monoisotopic (exact) mass is 393 g/mol. The molecule has 0 amide bonds. The van der Waals surface area contributed by atoms with E-state index >= 15 is 0 Å². The Balaban J connectivity index is 2.43. The number of halogens is 2. The van der Waals surface area contributed by atoms with Crippen LogP contribution in [0.1, 0.15) is 5.82 Å². The van der Waals surface area contributed by atoms with E-state index in [1.807, 2.05) is 0 Å². The number of nitrogens with zero attached hydrogens (tertiary/aromatic N) is 2. The Morgan fingerprint density at radius 2 is 2.19 bits per heavy atom. The van der Waals surface area contributed by atoms with Crippen LogP contribution in [-0.2, 0) is 16.6 Å². The van der Waals surface area contributed by atoms with E-state index < -0.39 is 10.0 Å². The number of sulfonamides is 1. The summed E-state index contributed by atoms with van der Waals surface area (Å²) < 4.78 is 32.2. The molecule has 0 fully saturated rings. The Bertz CT molecular complexity index is 734. The number of rotatable bonds is 5. The molecule has 0 unspecified atom stereocenters. The summed E-state index contributed by atoms with van der Waals surface area (Å²) in [5.41, 5.74) is 0. The smallest absolute Gasteiger partial charge is 0.247 e. The standard InChI is InChI=1S/C12H13BrClN3O3S/c1-17(7-11-15-3-4-16-11)21(18,19)10-6-8(14)5-9(13)12(10)20-2/h3-6H,7H2,1-2H3,(H,15,16). The van der Waals surface area contributed by atoms with Gasteiger partial charge >= 0.3 is 0 Å². The first kappa shape index (κ1) is 16.3. The molecule has 2 aromatic rings. The second kappa shape index (κ2) is 6.35. The summed E-state index contributed by atoms with van der Waals surface area (Å²) in [4.78, 5) is 6.87. The Hall–Kier alpha value is -1.09. The van der Waals surface area contributed by atoms with Crippen LogP contribution in [0.25, 0.3) is 0 Å². The van der Waals surface area contributed by atoms with Gasteiger partial charge in [0.15, 0.2) is 5.75 Å². The van der Waals surface area contributed by atoms with Crippen LogP contribution in [0.3, 0.4) is 0 Å². The molecule has 0 aliphatic heterocycles. The topological polar surface area (TPSA) is 75.3 Å². The number of aromatic amines is 1. The number of imidazole rings is 1. The van der Waals surface area contributed by atoms with Gasteiger partial charge in [-0.05, 0) is 28.1 Å². The lowest BCUT2D eigenvalue weighted by atomic mass is 10.3. The molecule has 0 saturated carbocycles. The second-order valence-corrected chi connectivity index (χ2v) is 7.52. The SMILES string of the molecule is COc1c(Br)cc(Cl)cc1S(=O)(=O)N(C)Cc1ncc[nH]1. The highest BCUT2D eigenvalue weighted by molar-refractivity contribution is 9.10. The van der Waals surface area contributed by atoms with Gasteiger partial charge in [-0.3, -0.25) is 0 Å². The van der Waals surface area contributed by atoms with E-state index in [-0.39, 0.29) is 17.2 Å². The molecule has 1 aromatic carbocycles. The van der Waals surface area contributed by atoms with Crippen LogP contribution in [0.4, 0.5) is 0 Å². The summed E-state index contributed by atoms with van der Waals surface area (Å²) in [6.45, 7) is 0.114. The van der Waals surface area contributed by atoms with E-state index in [1.54, 1.807) is 18.5 Å². The number of ether oxygens (including phenoxy) is 1. The van der Waals surface area contributed by atoms with Gasteiger partial charge in [0, 0.05) is 24.5 Å². The lowest BCUT2D eigenvalue weighted by molar-refractivity contribution is 0.394. The molecular formula is C12H13BrClN3O3S. The van der Waals surface area contributed by atoms with Gasteiger partial charge in [0.05, 0.1) is 18.1 Å². The van der Waals surface area contributed by atoms with Crippen molar-refractivity contribution in [3.63, 3.8) is 0 Å². The summed E-state index contributed by atoms with van der Waals surface area (Å²) in [7, 11) is -0.902. The minimum absolute atomic E-state index is 0.00145. The molecule has 0 radical (unpaired) electrons. The zero-order valence-corrected chi connectivity index (χ0v) is 14.5. The lowest BCUT2D eigenvalue weighted by Crippen LogP contribution is -2.27. The molecule has 1 N–H and O–H groups in total. The fourth-order valence-electron chi connectivity index (χ4n) is 1.77. The van der Waals surface area contributed by atoms with E-state index in [2.05, 4.69) is 25.9 Å².